The molecule has 18 heavy (non-hydrogen) atoms. The summed E-state index contributed by atoms with van der Waals surface area (Å²) in [6.07, 6.45) is 1.58. The molecular formula is C12H10BrFN2O2. The van der Waals surface area contributed by atoms with Gasteiger partial charge in [0.15, 0.2) is 5.69 Å². The molecule has 0 amide bonds. The van der Waals surface area contributed by atoms with E-state index < -0.39 is 5.97 Å². The fraction of sp³-hybridized carbons (Fsp3) is 0.167. The average Bonchev–Trinajstić information content (AvgIpc) is 2.72. The standard InChI is InChI=1S/C12H10BrFN2O2/c1-2-18-12(17)11-10(13)7-16(15-11)9-5-3-4-8(14)6-9/h3-7H,2H2,1H3. The second kappa shape index (κ2) is 5.30. The van der Waals surface area contributed by atoms with Crippen LogP contribution in [0.2, 0.25) is 0 Å². The van der Waals surface area contributed by atoms with E-state index in [0.717, 1.165) is 0 Å². The van der Waals surface area contributed by atoms with Gasteiger partial charge >= 0.3 is 5.97 Å². The number of carbonyl (C=O) groups excluding carboxylic acids is 1. The lowest BCUT2D eigenvalue weighted by Gasteiger charge is -2.00. The predicted molar refractivity (Wildman–Crippen MR) is 67.2 cm³/mol. The van der Waals surface area contributed by atoms with Crippen LogP contribution < -0.4 is 0 Å². The van der Waals surface area contributed by atoms with Crippen LogP contribution in [-0.4, -0.2) is 22.4 Å². The van der Waals surface area contributed by atoms with Crippen molar-refractivity contribution in [2.75, 3.05) is 6.61 Å². The SMILES string of the molecule is CCOC(=O)c1nn(-c2cccc(F)c2)cc1Br. The molecule has 0 aliphatic carbocycles. The number of nitrogens with zero attached hydrogens (tertiary/aromatic N) is 2. The van der Waals surface area contributed by atoms with Gasteiger partial charge in [-0.2, -0.15) is 5.10 Å². The van der Waals surface area contributed by atoms with Gasteiger partial charge in [0, 0.05) is 6.20 Å². The van der Waals surface area contributed by atoms with Crippen molar-refractivity contribution in [1.29, 1.82) is 0 Å². The van der Waals surface area contributed by atoms with Gasteiger partial charge in [-0.05, 0) is 41.1 Å². The van der Waals surface area contributed by atoms with E-state index in [1.807, 2.05) is 0 Å². The number of rotatable bonds is 3. The molecule has 4 nitrogen and oxygen atoms in total. The Bertz CT molecular complexity index is 583. The fourth-order valence-corrected chi connectivity index (χ4v) is 1.88. The molecule has 1 heterocycles. The van der Waals surface area contributed by atoms with Gasteiger partial charge < -0.3 is 4.74 Å². The molecule has 0 unspecified atom stereocenters. The molecule has 1 aromatic heterocycles. The first-order valence-electron chi connectivity index (χ1n) is 5.30. The molecule has 1 aromatic carbocycles. The summed E-state index contributed by atoms with van der Waals surface area (Å²) in [5.74, 6) is -0.878. The number of hydrogen-bond acceptors (Lipinski definition) is 3. The zero-order chi connectivity index (χ0) is 13.1. The molecule has 94 valence electrons. The third-order valence-corrected chi connectivity index (χ3v) is 2.79. The molecule has 0 aliphatic rings. The van der Waals surface area contributed by atoms with Crippen molar-refractivity contribution in [2.45, 2.75) is 6.92 Å². The Kier molecular flexibility index (Phi) is 3.76. The van der Waals surface area contributed by atoms with Crippen molar-refractivity contribution < 1.29 is 13.9 Å². The molecule has 0 saturated heterocycles. The van der Waals surface area contributed by atoms with Gasteiger partial charge in [-0.15, -0.1) is 0 Å². The number of esters is 1. The van der Waals surface area contributed by atoms with E-state index in [1.165, 1.54) is 16.8 Å². The molecule has 0 fully saturated rings. The molecule has 0 aliphatic heterocycles. The first kappa shape index (κ1) is 12.8. The van der Waals surface area contributed by atoms with Crippen molar-refractivity contribution in [3.63, 3.8) is 0 Å². The van der Waals surface area contributed by atoms with E-state index in [4.69, 9.17) is 4.74 Å². The molecule has 2 aromatic rings. The maximum absolute atomic E-state index is 13.1. The van der Waals surface area contributed by atoms with Crippen molar-refractivity contribution in [3.05, 3.63) is 46.4 Å². The number of ether oxygens (including phenoxy) is 1. The second-order valence-electron chi connectivity index (χ2n) is 3.47. The Morgan fingerprint density at radius 2 is 2.33 bits per heavy atom. The van der Waals surface area contributed by atoms with Crippen molar-refractivity contribution >= 4 is 21.9 Å². The minimum atomic E-state index is -0.514. The van der Waals surface area contributed by atoms with Crippen LogP contribution in [0.1, 0.15) is 17.4 Å². The summed E-state index contributed by atoms with van der Waals surface area (Å²) in [4.78, 5) is 11.6. The smallest absolute Gasteiger partial charge is 0.360 e. The average molecular weight is 313 g/mol. The molecule has 0 bridgehead atoms. The lowest BCUT2D eigenvalue weighted by molar-refractivity contribution is 0.0518. The zero-order valence-electron chi connectivity index (χ0n) is 9.56. The Hall–Kier alpha value is -1.69. The Labute approximate surface area is 111 Å². The van der Waals surface area contributed by atoms with Crippen molar-refractivity contribution in [2.24, 2.45) is 0 Å². The van der Waals surface area contributed by atoms with Crippen LogP contribution in [0.5, 0.6) is 0 Å². The third-order valence-electron chi connectivity index (χ3n) is 2.21. The Morgan fingerprint density at radius 3 is 3.00 bits per heavy atom. The summed E-state index contributed by atoms with van der Waals surface area (Å²) >= 11 is 3.23. The van der Waals surface area contributed by atoms with Crippen LogP contribution >= 0.6 is 15.9 Å². The van der Waals surface area contributed by atoms with Gasteiger partial charge in [0.05, 0.1) is 16.8 Å². The molecule has 2 rings (SSSR count). The minimum absolute atomic E-state index is 0.168. The van der Waals surface area contributed by atoms with Crippen molar-refractivity contribution in [3.8, 4) is 5.69 Å². The zero-order valence-corrected chi connectivity index (χ0v) is 11.1. The molecule has 6 heteroatoms. The highest BCUT2D eigenvalue weighted by Gasteiger charge is 2.16. The molecular weight excluding hydrogens is 303 g/mol. The first-order valence-corrected chi connectivity index (χ1v) is 6.09. The number of halogens is 2. The van der Waals surface area contributed by atoms with E-state index in [2.05, 4.69) is 21.0 Å². The summed E-state index contributed by atoms with van der Waals surface area (Å²) < 4.78 is 19.9. The largest absolute Gasteiger partial charge is 0.461 e. The third kappa shape index (κ3) is 2.59. The fourth-order valence-electron chi connectivity index (χ4n) is 1.44. The molecule has 0 saturated carbocycles. The second-order valence-corrected chi connectivity index (χ2v) is 4.32. The summed E-state index contributed by atoms with van der Waals surface area (Å²) in [6.45, 7) is 1.99. The summed E-state index contributed by atoms with van der Waals surface area (Å²) in [7, 11) is 0. The number of carbonyl (C=O) groups is 1. The van der Waals surface area contributed by atoms with Crippen LogP contribution in [0, 0.1) is 5.82 Å². The van der Waals surface area contributed by atoms with Gasteiger partial charge in [-0.3, -0.25) is 0 Å². The van der Waals surface area contributed by atoms with Crippen LogP contribution in [0.15, 0.2) is 34.9 Å². The van der Waals surface area contributed by atoms with Crippen LogP contribution in [0.25, 0.3) is 5.69 Å². The summed E-state index contributed by atoms with van der Waals surface area (Å²) in [5.41, 5.74) is 0.701. The predicted octanol–water partition coefficient (Wildman–Crippen LogP) is 2.95. The lowest BCUT2D eigenvalue weighted by Crippen LogP contribution is -2.07. The highest BCUT2D eigenvalue weighted by molar-refractivity contribution is 9.10. The van der Waals surface area contributed by atoms with E-state index in [1.54, 1.807) is 25.3 Å². The highest BCUT2D eigenvalue weighted by atomic mass is 79.9. The molecule has 0 radical (unpaired) electrons. The first-order chi connectivity index (χ1) is 8.61. The number of hydrogen-bond donors (Lipinski definition) is 0. The van der Waals surface area contributed by atoms with Gasteiger partial charge in [-0.1, -0.05) is 6.07 Å². The van der Waals surface area contributed by atoms with E-state index in [9.17, 15) is 9.18 Å². The maximum Gasteiger partial charge on any atom is 0.360 e. The van der Waals surface area contributed by atoms with E-state index >= 15 is 0 Å². The normalized spacial score (nSPS) is 10.4. The van der Waals surface area contributed by atoms with Gasteiger partial charge in [-0.25, -0.2) is 13.9 Å². The van der Waals surface area contributed by atoms with E-state index in [0.29, 0.717) is 10.2 Å². The van der Waals surface area contributed by atoms with Gasteiger partial charge in [0.25, 0.3) is 0 Å². The van der Waals surface area contributed by atoms with Gasteiger partial charge in [0.2, 0.25) is 0 Å². The van der Waals surface area contributed by atoms with Crippen LogP contribution in [0.3, 0.4) is 0 Å². The van der Waals surface area contributed by atoms with Crippen LogP contribution in [-0.2, 0) is 4.74 Å². The van der Waals surface area contributed by atoms with Crippen LogP contribution in [0.4, 0.5) is 4.39 Å². The molecule has 0 N–H and O–H groups in total. The van der Waals surface area contributed by atoms with Gasteiger partial charge in [0.1, 0.15) is 5.82 Å². The molecule has 0 spiro atoms. The monoisotopic (exact) mass is 312 g/mol. The Balaban J connectivity index is 2.37. The minimum Gasteiger partial charge on any atom is -0.461 e. The Morgan fingerprint density at radius 1 is 1.56 bits per heavy atom. The molecule has 0 atom stereocenters. The highest BCUT2D eigenvalue weighted by Crippen LogP contribution is 2.19. The van der Waals surface area contributed by atoms with Crippen molar-refractivity contribution in [1.82, 2.24) is 9.78 Å². The number of aromatic nitrogens is 2. The maximum atomic E-state index is 13.1. The number of benzene rings is 1. The summed E-state index contributed by atoms with van der Waals surface area (Å²) in [5, 5.41) is 4.07. The quantitative estimate of drug-likeness (QED) is 0.818. The lowest BCUT2D eigenvalue weighted by atomic mass is 10.3. The topological polar surface area (TPSA) is 44.1 Å². The summed E-state index contributed by atoms with van der Waals surface area (Å²) in [6, 6.07) is 5.93. The van der Waals surface area contributed by atoms with E-state index in [-0.39, 0.29) is 18.1 Å².